The molecule has 1 unspecified atom stereocenters. The molecule has 0 N–H and O–H groups in total. The van der Waals surface area contributed by atoms with Crippen molar-refractivity contribution >= 4 is 21.1 Å². The van der Waals surface area contributed by atoms with Crippen LogP contribution in [0.5, 0.6) is 11.5 Å². The molecule has 1 aliphatic rings. The lowest BCUT2D eigenvalue weighted by atomic mass is 10.2. The van der Waals surface area contributed by atoms with Crippen LogP contribution in [-0.2, 0) is 23.1 Å². The summed E-state index contributed by atoms with van der Waals surface area (Å²) in [6.45, 7) is 7.60. The van der Waals surface area contributed by atoms with E-state index in [0.29, 0.717) is 25.2 Å². The number of aryl methyl sites for hydroxylation is 1. The second kappa shape index (κ2) is 9.09. The number of imidazole rings is 1. The van der Waals surface area contributed by atoms with Gasteiger partial charge in [0.05, 0.1) is 22.5 Å². The molecular weight excluding hydrogens is 428 g/mol. The van der Waals surface area contributed by atoms with Crippen LogP contribution < -0.4 is 9.47 Å². The second-order valence-corrected chi connectivity index (χ2v) is 10.2. The molecule has 2 aromatic carbocycles. The highest BCUT2D eigenvalue weighted by Gasteiger charge is 2.24. The quantitative estimate of drug-likeness (QED) is 0.517. The molecule has 3 aromatic rings. The smallest absolute Gasteiger partial charge is 0.242 e. The van der Waals surface area contributed by atoms with Crippen molar-refractivity contribution in [2.24, 2.45) is 0 Å². The lowest BCUT2D eigenvalue weighted by molar-refractivity contribution is 0.0571. The van der Waals surface area contributed by atoms with Crippen molar-refractivity contribution in [2.75, 3.05) is 33.8 Å². The van der Waals surface area contributed by atoms with E-state index in [1.165, 1.54) is 18.4 Å². The summed E-state index contributed by atoms with van der Waals surface area (Å²) in [6, 6.07) is 12.9. The van der Waals surface area contributed by atoms with E-state index in [1.807, 2.05) is 30.3 Å². The fourth-order valence-corrected chi connectivity index (χ4v) is 4.87. The van der Waals surface area contributed by atoms with Crippen LogP contribution >= 0.6 is 0 Å². The fourth-order valence-electron chi connectivity index (χ4n) is 3.95. The summed E-state index contributed by atoms with van der Waals surface area (Å²) >= 11 is 0. The summed E-state index contributed by atoms with van der Waals surface area (Å²) < 4.78 is 40.4. The number of likely N-dealkylation sites (N-methyl/N-ethyl adjacent to an activating group) is 1. The number of hydrogen-bond acceptors (Lipinski definition) is 6. The lowest BCUT2D eigenvalue weighted by Crippen LogP contribution is -2.41. The van der Waals surface area contributed by atoms with Crippen LogP contribution in [0.2, 0.25) is 0 Å². The van der Waals surface area contributed by atoms with Crippen molar-refractivity contribution in [3.05, 3.63) is 48.3 Å². The predicted octanol–water partition coefficient (Wildman–Crippen LogP) is 2.97. The lowest BCUT2D eigenvalue weighted by Gasteiger charge is -2.30. The molecular formula is C23H30N4O4S. The molecule has 1 aromatic heterocycles. The van der Waals surface area contributed by atoms with E-state index in [0.717, 1.165) is 35.9 Å². The van der Waals surface area contributed by atoms with Crippen molar-refractivity contribution in [2.45, 2.75) is 37.9 Å². The average Bonchev–Trinajstić information content (AvgIpc) is 3.14. The van der Waals surface area contributed by atoms with Crippen LogP contribution in [0.25, 0.3) is 11.0 Å². The molecule has 0 fully saturated rings. The van der Waals surface area contributed by atoms with E-state index < -0.39 is 10.0 Å². The van der Waals surface area contributed by atoms with E-state index in [-0.39, 0.29) is 11.0 Å². The normalized spacial score (nSPS) is 16.2. The zero-order valence-electron chi connectivity index (χ0n) is 19.0. The van der Waals surface area contributed by atoms with Crippen molar-refractivity contribution in [3.8, 4) is 11.5 Å². The summed E-state index contributed by atoms with van der Waals surface area (Å²) in [5, 5.41) is 0. The minimum Gasteiger partial charge on any atom is -0.486 e. The molecule has 0 saturated carbocycles. The Kier molecular flexibility index (Phi) is 6.41. The van der Waals surface area contributed by atoms with E-state index in [1.54, 1.807) is 12.1 Å². The van der Waals surface area contributed by atoms with Crippen LogP contribution in [-0.4, -0.2) is 67.1 Å². The first-order valence-electron chi connectivity index (χ1n) is 10.9. The molecule has 0 bridgehead atoms. The third kappa shape index (κ3) is 4.32. The minimum atomic E-state index is -3.51. The number of rotatable bonds is 8. The van der Waals surface area contributed by atoms with Gasteiger partial charge in [-0.15, -0.1) is 0 Å². The Morgan fingerprint density at radius 2 is 1.88 bits per heavy atom. The zero-order valence-corrected chi connectivity index (χ0v) is 19.8. The first kappa shape index (κ1) is 22.6. The molecule has 4 rings (SSSR count). The highest BCUT2D eigenvalue weighted by molar-refractivity contribution is 7.89. The first-order chi connectivity index (χ1) is 15.3. The number of hydrogen-bond donors (Lipinski definition) is 0. The van der Waals surface area contributed by atoms with E-state index >= 15 is 0 Å². The maximum absolute atomic E-state index is 12.5. The van der Waals surface area contributed by atoms with Crippen molar-refractivity contribution < 1.29 is 17.9 Å². The SMILES string of the molecule is CCN(Cc1nc2cc(S(=O)(=O)N(C)C)ccc2n1CC)CC1COc2ccccc2O1. The zero-order chi connectivity index (χ0) is 22.9. The molecule has 0 aliphatic carbocycles. The van der Waals surface area contributed by atoms with E-state index in [4.69, 9.17) is 14.5 Å². The van der Waals surface area contributed by atoms with Crippen LogP contribution in [0.3, 0.4) is 0 Å². The Labute approximate surface area is 189 Å². The number of para-hydroxylation sites is 2. The van der Waals surface area contributed by atoms with Crippen molar-refractivity contribution in [3.63, 3.8) is 0 Å². The van der Waals surface area contributed by atoms with Gasteiger partial charge in [0.15, 0.2) is 11.5 Å². The standard InChI is InChI=1S/C23H30N4O4S/c1-5-26(14-17-16-30-21-9-7-8-10-22(21)31-17)15-23-24-19-13-18(32(28,29)25(3)4)11-12-20(19)27(23)6-2/h7-13,17H,5-6,14-16H2,1-4H3. The third-order valence-corrected chi connectivity index (χ3v) is 7.55. The molecule has 1 aliphatic heterocycles. The molecule has 2 heterocycles. The molecule has 8 nitrogen and oxygen atoms in total. The molecule has 32 heavy (non-hydrogen) atoms. The van der Waals surface area contributed by atoms with Gasteiger partial charge in [-0.25, -0.2) is 17.7 Å². The summed E-state index contributed by atoms with van der Waals surface area (Å²) in [6.07, 6.45) is -0.0684. The number of nitrogens with zero attached hydrogens (tertiary/aromatic N) is 4. The Morgan fingerprint density at radius 1 is 1.12 bits per heavy atom. The maximum Gasteiger partial charge on any atom is 0.242 e. The average molecular weight is 459 g/mol. The number of sulfonamides is 1. The van der Waals surface area contributed by atoms with Gasteiger partial charge in [0, 0.05) is 27.2 Å². The predicted molar refractivity (Wildman–Crippen MR) is 124 cm³/mol. The van der Waals surface area contributed by atoms with Gasteiger partial charge in [-0.1, -0.05) is 19.1 Å². The van der Waals surface area contributed by atoms with Gasteiger partial charge in [0.2, 0.25) is 10.0 Å². The van der Waals surface area contributed by atoms with Crippen LogP contribution in [0.4, 0.5) is 0 Å². The molecule has 172 valence electrons. The van der Waals surface area contributed by atoms with Crippen LogP contribution in [0.15, 0.2) is 47.4 Å². The Hall–Kier alpha value is -2.62. The van der Waals surface area contributed by atoms with Crippen molar-refractivity contribution in [1.29, 1.82) is 0 Å². The molecule has 0 saturated heterocycles. The van der Waals surface area contributed by atoms with Gasteiger partial charge in [0.1, 0.15) is 18.5 Å². The molecule has 0 radical (unpaired) electrons. The molecule has 0 amide bonds. The molecule has 0 spiro atoms. The molecule has 9 heteroatoms. The Morgan fingerprint density at radius 3 is 2.56 bits per heavy atom. The van der Waals surface area contributed by atoms with Crippen LogP contribution in [0.1, 0.15) is 19.7 Å². The van der Waals surface area contributed by atoms with Gasteiger partial charge in [-0.2, -0.15) is 0 Å². The van der Waals surface area contributed by atoms with E-state index in [9.17, 15) is 8.42 Å². The van der Waals surface area contributed by atoms with Crippen molar-refractivity contribution in [1.82, 2.24) is 18.8 Å². The minimum absolute atomic E-state index is 0.0684. The Bertz CT molecular complexity index is 1210. The van der Waals surface area contributed by atoms with E-state index in [2.05, 4.69) is 23.3 Å². The number of aromatic nitrogens is 2. The highest BCUT2D eigenvalue weighted by Crippen LogP contribution is 2.31. The van der Waals surface area contributed by atoms with Crippen LogP contribution in [0, 0.1) is 0 Å². The van der Waals surface area contributed by atoms with Gasteiger partial charge in [-0.3, -0.25) is 4.90 Å². The number of fused-ring (bicyclic) bond motifs is 2. The summed E-state index contributed by atoms with van der Waals surface area (Å²) in [5.41, 5.74) is 1.62. The number of ether oxygens (including phenoxy) is 2. The summed E-state index contributed by atoms with van der Waals surface area (Å²) in [5.74, 6) is 2.46. The fraction of sp³-hybridized carbons (Fsp3) is 0.435. The van der Waals surface area contributed by atoms with Gasteiger partial charge in [0.25, 0.3) is 0 Å². The van der Waals surface area contributed by atoms with Gasteiger partial charge >= 0.3 is 0 Å². The monoisotopic (exact) mass is 458 g/mol. The largest absolute Gasteiger partial charge is 0.486 e. The highest BCUT2D eigenvalue weighted by atomic mass is 32.2. The summed E-state index contributed by atoms with van der Waals surface area (Å²) in [4.78, 5) is 7.32. The second-order valence-electron chi connectivity index (χ2n) is 8.04. The first-order valence-corrected chi connectivity index (χ1v) is 12.3. The van der Waals surface area contributed by atoms with Gasteiger partial charge < -0.3 is 14.0 Å². The topological polar surface area (TPSA) is 76.9 Å². The maximum atomic E-state index is 12.5. The third-order valence-electron chi connectivity index (χ3n) is 5.74. The summed E-state index contributed by atoms with van der Waals surface area (Å²) in [7, 11) is -0.443. The molecule has 1 atom stereocenters. The Balaban J connectivity index is 1.55. The van der Waals surface area contributed by atoms with Gasteiger partial charge in [-0.05, 0) is 43.8 Å². The number of benzene rings is 2.